The molecule has 0 saturated carbocycles. The summed E-state index contributed by atoms with van der Waals surface area (Å²) < 4.78 is 5.76. The zero-order chi connectivity index (χ0) is 20.4. The second kappa shape index (κ2) is 8.19. The number of allylic oxidation sites excluding steroid dienone is 1. The van der Waals surface area contributed by atoms with Crippen molar-refractivity contribution in [1.82, 2.24) is 14.9 Å². The molecule has 0 amide bonds. The Bertz CT molecular complexity index is 990. The highest BCUT2D eigenvalue weighted by Crippen LogP contribution is 2.31. The first kappa shape index (κ1) is 19.4. The lowest BCUT2D eigenvalue weighted by molar-refractivity contribution is 0.242. The van der Waals surface area contributed by atoms with E-state index >= 15 is 0 Å². The number of fused-ring (bicyclic) bond motifs is 1. The molecule has 1 fully saturated rings. The van der Waals surface area contributed by atoms with Gasteiger partial charge in [0.05, 0.1) is 6.10 Å². The third-order valence-corrected chi connectivity index (χ3v) is 5.42. The molecule has 4 rings (SSSR count). The highest BCUT2D eigenvalue weighted by Gasteiger charge is 2.18. The summed E-state index contributed by atoms with van der Waals surface area (Å²) in [6.07, 6.45) is 3.21. The summed E-state index contributed by atoms with van der Waals surface area (Å²) >= 11 is 0. The zero-order valence-corrected chi connectivity index (χ0v) is 17.6. The minimum absolute atomic E-state index is 0.176. The topological polar surface area (TPSA) is 44.4 Å². The Balaban J connectivity index is 1.61. The number of H-pyrrole nitrogens is 1. The van der Waals surface area contributed by atoms with Gasteiger partial charge in [0, 0.05) is 54.8 Å². The summed E-state index contributed by atoms with van der Waals surface area (Å²) in [5.74, 6) is 0.894. The number of pyridine rings is 1. The highest BCUT2D eigenvalue weighted by atomic mass is 16.5. The number of ether oxygens (including phenoxy) is 1. The van der Waals surface area contributed by atoms with Crippen molar-refractivity contribution >= 4 is 16.7 Å². The van der Waals surface area contributed by atoms with E-state index < -0.39 is 0 Å². The fourth-order valence-electron chi connectivity index (χ4n) is 3.97. The molecule has 1 N–H and O–H groups in total. The van der Waals surface area contributed by atoms with Crippen LogP contribution in [0.1, 0.15) is 27.2 Å². The average molecular weight is 391 g/mol. The fourth-order valence-corrected chi connectivity index (χ4v) is 3.97. The summed E-state index contributed by atoms with van der Waals surface area (Å²) in [7, 11) is 0. The average Bonchev–Trinajstić information content (AvgIpc) is 2.97. The molecule has 0 aliphatic carbocycles. The second-order valence-electron chi connectivity index (χ2n) is 8.03. The van der Waals surface area contributed by atoms with E-state index in [9.17, 15) is 0 Å². The van der Waals surface area contributed by atoms with E-state index in [4.69, 9.17) is 4.74 Å². The van der Waals surface area contributed by atoms with Crippen LogP contribution in [0.2, 0.25) is 0 Å². The minimum Gasteiger partial charge on any atom is -0.491 e. The first-order valence-electron chi connectivity index (χ1n) is 10.4. The van der Waals surface area contributed by atoms with Crippen molar-refractivity contribution in [1.29, 1.82) is 0 Å². The number of aromatic nitrogens is 2. The van der Waals surface area contributed by atoms with Crippen molar-refractivity contribution in [2.24, 2.45) is 0 Å². The van der Waals surface area contributed by atoms with Crippen molar-refractivity contribution in [3.63, 3.8) is 0 Å². The first-order valence-corrected chi connectivity index (χ1v) is 10.4. The molecule has 29 heavy (non-hydrogen) atoms. The van der Waals surface area contributed by atoms with Gasteiger partial charge in [0.15, 0.2) is 0 Å². The molecule has 5 heteroatoms. The number of anilines is 1. The van der Waals surface area contributed by atoms with E-state index in [1.165, 1.54) is 11.1 Å². The van der Waals surface area contributed by atoms with Crippen LogP contribution in [0.25, 0.3) is 22.3 Å². The molecule has 0 bridgehead atoms. The van der Waals surface area contributed by atoms with Gasteiger partial charge in [-0.25, -0.2) is 4.98 Å². The van der Waals surface area contributed by atoms with Gasteiger partial charge in [0.2, 0.25) is 0 Å². The standard InChI is InChI=1S/C24H30N4O/c1-17(2)27-12-5-13-28(15-14-27)23-10-11-25-24-21(23)16-22(26-24)19-6-8-20(9-7-19)29-18(3)4/h6-11,16,18H,1,5,12-15H2,2-4H3,(H,25,26). The van der Waals surface area contributed by atoms with Crippen LogP contribution in [0.15, 0.2) is 54.9 Å². The van der Waals surface area contributed by atoms with Gasteiger partial charge in [-0.2, -0.15) is 0 Å². The van der Waals surface area contributed by atoms with Crippen molar-refractivity contribution in [2.45, 2.75) is 33.3 Å². The third kappa shape index (κ3) is 4.24. The minimum atomic E-state index is 0.176. The van der Waals surface area contributed by atoms with Crippen molar-refractivity contribution in [3.8, 4) is 17.0 Å². The molecule has 0 radical (unpaired) electrons. The van der Waals surface area contributed by atoms with Gasteiger partial charge in [-0.05, 0) is 69.2 Å². The number of hydrogen-bond donors (Lipinski definition) is 1. The summed E-state index contributed by atoms with van der Waals surface area (Å²) in [6.45, 7) is 14.4. The van der Waals surface area contributed by atoms with Crippen LogP contribution < -0.4 is 9.64 Å². The summed E-state index contributed by atoms with van der Waals surface area (Å²) in [6, 6.07) is 12.6. The van der Waals surface area contributed by atoms with Crippen LogP contribution in [-0.2, 0) is 0 Å². The van der Waals surface area contributed by atoms with Crippen LogP contribution in [-0.4, -0.2) is 47.2 Å². The molecule has 3 heterocycles. The number of hydrogen-bond acceptors (Lipinski definition) is 4. The largest absolute Gasteiger partial charge is 0.491 e. The van der Waals surface area contributed by atoms with Crippen LogP contribution in [0.5, 0.6) is 5.75 Å². The first-order chi connectivity index (χ1) is 14.0. The Kier molecular flexibility index (Phi) is 5.47. The monoisotopic (exact) mass is 390 g/mol. The summed E-state index contributed by atoms with van der Waals surface area (Å²) in [5.41, 5.74) is 5.55. The lowest BCUT2D eigenvalue weighted by atomic mass is 10.1. The van der Waals surface area contributed by atoms with Gasteiger partial charge in [-0.3, -0.25) is 0 Å². The lowest BCUT2D eigenvalue weighted by Crippen LogP contribution is -2.29. The normalized spacial score (nSPS) is 15.0. The Hall–Kier alpha value is -2.95. The molecule has 0 atom stereocenters. The van der Waals surface area contributed by atoms with Crippen molar-refractivity contribution in [3.05, 3.63) is 54.9 Å². The van der Waals surface area contributed by atoms with Gasteiger partial charge in [0.1, 0.15) is 11.4 Å². The molecule has 1 aliphatic rings. The van der Waals surface area contributed by atoms with Gasteiger partial charge >= 0.3 is 0 Å². The van der Waals surface area contributed by atoms with Crippen LogP contribution in [0, 0.1) is 0 Å². The van der Waals surface area contributed by atoms with Gasteiger partial charge in [-0.1, -0.05) is 6.58 Å². The second-order valence-corrected chi connectivity index (χ2v) is 8.03. The third-order valence-electron chi connectivity index (χ3n) is 5.42. The number of nitrogens with zero attached hydrogens (tertiary/aromatic N) is 3. The predicted molar refractivity (Wildman–Crippen MR) is 121 cm³/mol. The number of aromatic amines is 1. The molecular weight excluding hydrogens is 360 g/mol. The maximum absolute atomic E-state index is 5.76. The molecule has 1 aromatic carbocycles. The molecule has 0 spiro atoms. The van der Waals surface area contributed by atoms with Gasteiger partial charge < -0.3 is 19.5 Å². The molecule has 3 aromatic rings. The van der Waals surface area contributed by atoms with Gasteiger partial charge in [0.25, 0.3) is 0 Å². The maximum Gasteiger partial charge on any atom is 0.139 e. The summed E-state index contributed by atoms with van der Waals surface area (Å²) in [4.78, 5) is 12.9. The van der Waals surface area contributed by atoms with Gasteiger partial charge in [-0.15, -0.1) is 0 Å². The van der Waals surface area contributed by atoms with Crippen LogP contribution in [0.3, 0.4) is 0 Å². The zero-order valence-electron chi connectivity index (χ0n) is 17.6. The molecule has 5 nitrogen and oxygen atoms in total. The van der Waals surface area contributed by atoms with Crippen molar-refractivity contribution in [2.75, 3.05) is 31.1 Å². The van der Waals surface area contributed by atoms with E-state index in [2.05, 4.69) is 57.5 Å². The predicted octanol–water partition coefficient (Wildman–Crippen LogP) is 5.06. The van der Waals surface area contributed by atoms with E-state index in [1.807, 2.05) is 32.2 Å². The Labute approximate surface area is 173 Å². The van der Waals surface area contributed by atoms with E-state index in [-0.39, 0.29) is 6.10 Å². The molecular formula is C24H30N4O. The highest BCUT2D eigenvalue weighted by molar-refractivity contribution is 5.93. The quantitative estimate of drug-likeness (QED) is 0.661. The van der Waals surface area contributed by atoms with Crippen LogP contribution >= 0.6 is 0 Å². The molecule has 2 aromatic heterocycles. The molecule has 152 valence electrons. The Morgan fingerprint density at radius 3 is 2.62 bits per heavy atom. The van der Waals surface area contributed by atoms with E-state index in [0.29, 0.717) is 0 Å². The smallest absolute Gasteiger partial charge is 0.139 e. The SMILES string of the molecule is C=C(C)N1CCCN(c2ccnc3[nH]c(-c4ccc(OC(C)C)cc4)cc23)CC1. The Morgan fingerprint density at radius 2 is 1.90 bits per heavy atom. The van der Waals surface area contributed by atoms with Crippen molar-refractivity contribution < 1.29 is 4.74 Å². The molecule has 0 unspecified atom stereocenters. The molecule has 1 saturated heterocycles. The van der Waals surface area contributed by atoms with Crippen LogP contribution in [0.4, 0.5) is 5.69 Å². The molecule has 1 aliphatic heterocycles. The fraction of sp³-hybridized carbons (Fsp3) is 0.375. The maximum atomic E-state index is 5.76. The summed E-state index contributed by atoms with van der Waals surface area (Å²) in [5, 5.41) is 1.17. The number of benzene rings is 1. The van der Waals surface area contributed by atoms with E-state index in [1.54, 1.807) is 0 Å². The number of rotatable bonds is 5. The Morgan fingerprint density at radius 1 is 1.10 bits per heavy atom. The number of nitrogens with one attached hydrogen (secondary N) is 1. The lowest BCUT2D eigenvalue weighted by Gasteiger charge is -2.25. The van der Waals surface area contributed by atoms with E-state index in [0.717, 1.165) is 61.0 Å².